The van der Waals surface area contributed by atoms with Gasteiger partial charge in [-0.05, 0) is 24.6 Å². The highest BCUT2D eigenvalue weighted by Gasteiger charge is 2.12. The molecule has 0 atom stereocenters. The molecule has 2 aromatic rings. The highest BCUT2D eigenvalue weighted by Crippen LogP contribution is 2.17. The lowest BCUT2D eigenvalue weighted by atomic mass is 10.2. The highest BCUT2D eigenvalue weighted by molar-refractivity contribution is 5.67. The van der Waals surface area contributed by atoms with Gasteiger partial charge in [0.2, 0.25) is 0 Å². The number of carboxylic acid groups (broad SMARTS) is 1. The maximum absolute atomic E-state index is 10.9. The Morgan fingerprint density at radius 1 is 1.33 bits per heavy atom. The lowest BCUT2D eigenvalue weighted by Gasteiger charge is -2.24. The zero-order chi connectivity index (χ0) is 15.2. The van der Waals surface area contributed by atoms with E-state index >= 15 is 0 Å². The Kier molecular flexibility index (Phi) is 4.98. The molecular formula is C16H21N3O2. The van der Waals surface area contributed by atoms with Crippen molar-refractivity contribution in [3.8, 4) is 0 Å². The molecule has 5 nitrogen and oxygen atoms in total. The third-order valence-corrected chi connectivity index (χ3v) is 3.46. The van der Waals surface area contributed by atoms with Crippen LogP contribution >= 0.6 is 0 Å². The zero-order valence-electron chi connectivity index (χ0n) is 12.5. The van der Waals surface area contributed by atoms with E-state index in [1.807, 2.05) is 42.1 Å². The van der Waals surface area contributed by atoms with Gasteiger partial charge in [-0.2, -0.15) is 5.10 Å². The largest absolute Gasteiger partial charge is 0.481 e. The van der Waals surface area contributed by atoms with E-state index in [-0.39, 0.29) is 6.42 Å². The number of para-hydroxylation sites is 1. The van der Waals surface area contributed by atoms with Crippen LogP contribution in [0.15, 0.2) is 36.4 Å². The molecule has 0 fully saturated rings. The first-order valence-electron chi connectivity index (χ1n) is 7.13. The zero-order valence-corrected chi connectivity index (χ0v) is 12.5. The van der Waals surface area contributed by atoms with Crippen molar-refractivity contribution in [1.29, 1.82) is 0 Å². The van der Waals surface area contributed by atoms with Crippen molar-refractivity contribution in [2.75, 3.05) is 11.4 Å². The van der Waals surface area contributed by atoms with Gasteiger partial charge in [0.25, 0.3) is 0 Å². The van der Waals surface area contributed by atoms with E-state index < -0.39 is 5.97 Å². The summed E-state index contributed by atoms with van der Waals surface area (Å²) in [7, 11) is 1.93. The Bertz CT molecular complexity index is 593. The Labute approximate surface area is 124 Å². The second kappa shape index (κ2) is 6.92. The molecule has 1 aromatic heterocycles. The summed E-state index contributed by atoms with van der Waals surface area (Å²) >= 11 is 0. The lowest BCUT2D eigenvalue weighted by Crippen LogP contribution is -2.26. The first kappa shape index (κ1) is 15.1. The molecule has 0 aliphatic rings. The third kappa shape index (κ3) is 4.08. The predicted octanol–water partition coefficient (Wildman–Crippen LogP) is 2.46. The van der Waals surface area contributed by atoms with E-state index in [9.17, 15) is 4.79 Å². The fraction of sp³-hybridized carbons (Fsp3) is 0.375. The average Bonchev–Trinajstić information content (AvgIpc) is 2.84. The van der Waals surface area contributed by atoms with Crippen molar-refractivity contribution in [2.45, 2.75) is 26.3 Å². The second-order valence-corrected chi connectivity index (χ2v) is 5.01. The topological polar surface area (TPSA) is 58.4 Å². The number of aromatic nitrogens is 2. The van der Waals surface area contributed by atoms with E-state index in [0.717, 1.165) is 23.5 Å². The molecule has 0 aliphatic heterocycles. The van der Waals surface area contributed by atoms with Crippen LogP contribution in [-0.4, -0.2) is 27.4 Å². The van der Waals surface area contributed by atoms with Crippen molar-refractivity contribution < 1.29 is 9.90 Å². The molecule has 1 aromatic carbocycles. The molecule has 0 radical (unpaired) electrons. The maximum atomic E-state index is 10.9. The van der Waals surface area contributed by atoms with Crippen molar-refractivity contribution in [3.05, 3.63) is 47.8 Å². The summed E-state index contributed by atoms with van der Waals surface area (Å²) in [5.74, 6) is -0.782. The first-order valence-corrected chi connectivity index (χ1v) is 7.13. The van der Waals surface area contributed by atoms with Crippen LogP contribution in [-0.2, 0) is 24.8 Å². The van der Waals surface area contributed by atoms with Crippen LogP contribution in [0.5, 0.6) is 0 Å². The van der Waals surface area contributed by atoms with Crippen LogP contribution in [0.25, 0.3) is 0 Å². The van der Waals surface area contributed by atoms with Crippen LogP contribution in [0.4, 0.5) is 5.69 Å². The molecule has 5 heteroatoms. The molecule has 0 saturated carbocycles. The molecule has 112 valence electrons. The Balaban J connectivity index is 2.18. The van der Waals surface area contributed by atoms with E-state index in [2.05, 4.69) is 23.0 Å². The summed E-state index contributed by atoms with van der Waals surface area (Å²) in [6, 6.07) is 12.0. The summed E-state index contributed by atoms with van der Waals surface area (Å²) in [4.78, 5) is 12.9. The van der Waals surface area contributed by atoms with Gasteiger partial charge in [-0.1, -0.05) is 25.1 Å². The predicted molar refractivity (Wildman–Crippen MR) is 82.3 cm³/mol. The smallest absolute Gasteiger partial charge is 0.305 e. The number of hydrogen-bond acceptors (Lipinski definition) is 3. The number of nitrogens with zero attached hydrogens (tertiary/aromatic N) is 3. The monoisotopic (exact) mass is 287 g/mol. The first-order chi connectivity index (χ1) is 10.1. The summed E-state index contributed by atoms with van der Waals surface area (Å²) < 4.78 is 1.87. The number of aliphatic carboxylic acids is 1. The van der Waals surface area contributed by atoms with Gasteiger partial charge in [-0.15, -0.1) is 0 Å². The van der Waals surface area contributed by atoms with Gasteiger partial charge in [0.1, 0.15) is 0 Å². The molecule has 0 bridgehead atoms. The van der Waals surface area contributed by atoms with Crippen molar-refractivity contribution in [1.82, 2.24) is 9.78 Å². The highest BCUT2D eigenvalue weighted by atomic mass is 16.4. The molecule has 0 unspecified atom stereocenters. The number of anilines is 1. The summed E-state index contributed by atoms with van der Waals surface area (Å²) in [5, 5.41) is 13.4. The number of aryl methyl sites for hydroxylation is 2. The number of hydrogen-bond donors (Lipinski definition) is 1. The SMILES string of the molecule is CCc1cc(CN(CCC(=O)O)c2ccccc2)n(C)n1. The number of benzene rings is 1. The van der Waals surface area contributed by atoms with Gasteiger partial charge in [0.15, 0.2) is 0 Å². The molecule has 2 rings (SSSR count). The minimum Gasteiger partial charge on any atom is -0.481 e. The van der Waals surface area contributed by atoms with Gasteiger partial charge < -0.3 is 10.0 Å². The second-order valence-electron chi connectivity index (χ2n) is 5.01. The van der Waals surface area contributed by atoms with Gasteiger partial charge in [-0.3, -0.25) is 9.48 Å². The van der Waals surface area contributed by atoms with Crippen molar-refractivity contribution in [3.63, 3.8) is 0 Å². The molecule has 0 amide bonds. The summed E-state index contributed by atoms with van der Waals surface area (Å²) in [5.41, 5.74) is 3.16. The number of rotatable bonds is 7. The van der Waals surface area contributed by atoms with Gasteiger partial charge in [0.05, 0.1) is 24.4 Å². The Morgan fingerprint density at radius 2 is 2.05 bits per heavy atom. The molecule has 21 heavy (non-hydrogen) atoms. The molecule has 0 spiro atoms. The normalized spacial score (nSPS) is 10.6. The van der Waals surface area contributed by atoms with Crippen LogP contribution in [0.3, 0.4) is 0 Å². The van der Waals surface area contributed by atoms with Crippen LogP contribution < -0.4 is 4.90 Å². The fourth-order valence-electron chi connectivity index (χ4n) is 2.26. The summed E-state index contributed by atoms with van der Waals surface area (Å²) in [6.45, 7) is 3.21. The molecule has 1 heterocycles. The minimum absolute atomic E-state index is 0.118. The van der Waals surface area contributed by atoms with E-state index in [0.29, 0.717) is 13.1 Å². The van der Waals surface area contributed by atoms with E-state index in [4.69, 9.17) is 5.11 Å². The quantitative estimate of drug-likeness (QED) is 0.850. The number of carboxylic acids is 1. The molecule has 1 N–H and O–H groups in total. The van der Waals surface area contributed by atoms with E-state index in [1.165, 1.54) is 0 Å². The Hall–Kier alpha value is -2.30. The van der Waals surface area contributed by atoms with Crippen LogP contribution in [0.2, 0.25) is 0 Å². The Morgan fingerprint density at radius 3 is 2.62 bits per heavy atom. The summed E-state index contributed by atoms with van der Waals surface area (Å²) in [6.07, 6.45) is 1.02. The lowest BCUT2D eigenvalue weighted by molar-refractivity contribution is -0.136. The van der Waals surface area contributed by atoms with Crippen molar-refractivity contribution >= 4 is 11.7 Å². The molecule has 0 saturated heterocycles. The fourth-order valence-corrected chi connectivity index (χ4v) is 2.26. The van der Waals surface area contributed by atoms with Crippen molar-refractivity contribution in [2.24, 2.45) is 7.05 Å². The third-order valence-electron chi connectivity index (χ3n) is 3.46. The van der Waals surface area contributed by atoms with Gasteiger partial charge >= 0.3 is 5.97 Å². The average molecular weight is 287 g/mol. The maximum Gasteiger partial charge on any atom is 0.305 e. The number of carbonyl (C=O) groups is 1. The van der Waals surface area contributed by atoms with Crippen LogP contribution in [0, 0.1) is 0 Å². The van der Waals surface area contributed by atoms with Gasteiger partial charge in [-0.25, -0.2) is 0 Å². The van der Waals surface area contributed by atoms with Gasteiger partial charge in [0, 0.05) is 19.3 Å². The molecular weight excluding hydrogens is 266 g/mol. The minimum atomic E-state index is -0.782. The standard InChI is InChI=1S/C16H21N3O2/c1-3-13-11-15(18(2)17-13)12-19(10-9-16(20)21)14-7-5-4-6-8-14/h4-8,11H,3,9-10,12H2,1-2H3,(H,20,21). The van der Waals surface area contributed by atoms with Crippen LogP contribution in [0.1, 0.15) is 24.7 Å². The van der Waals surface area contributed by atoms with E-state index in [1.54, 1.807) is 0 Å². The molecule has 0 aliphatic carbocycles.